The van der Waals surface area contributed by atoms with Crippen molar-refractivity contribution in [2.45, 2.75) is 12.8 Å². The fourth-order valence-corrected chi connectivity index (χ4v) is 1.07. The van der Waals surface area contributed by atoms with Crippen LogP contribution in [0.25, 0.3) is 0 Å². The van der Waals surface area contributed by atoms with Crippen molar-refractivity contribution in [1.29, 1.82) is 0 Å². The molecule has 76 valence electrons. The molecule has 0 aliphatic carbocycles. The molecule has 0 radical (unpaired) electrons. The zero-order valence-corrected chi connectivity index (χ0v) is 7.43. The van der Waals surface area contributed by atoms with Crippen LogP contribution < -0.4 is 0 Å². The summed E-state index contributed by atoms with van der Waals surface area (Å²) in [4.78, 5) is 10.6. The second kappa shape index (κ2) is 3.45. The van der Waals surface area contributed by atoms with Crippen molar-refractivity contribution in [3.8, 4) is 17.2 Å². The molecule has 0 heterocycles. The lowest BCUT2D eigenvalue weighted by atomic mass is 10.00. The molecule has 1 aromatic rings. The van der Waals surface area contributed by atoms with E-state index < -0.39 is 29.1 Å². The molecule has 0 saturated heterocycles. The Morgan fingerprint density at radius 2 is 1.79 bits per heavy atom. The average molecular weight is 198 g/mol. The predicted octanol–water partition coefficient (Wildman–Crippen LogP) is 0.991. The number of hydrogen-bond donors (Lipinski definition) is 4. The summed E-state index contributed by atoms with van der Waals surface area (Å²) < 4.78 is 0. The minimum Gasteiger partial charge on any atom is -0.504 e. The van der Waals surface area contributed by atoms with Crippen molar-refractivity contribution in [2.24, 2.45) is 0 Å². The van der Waals surface area contributed by atoms with Crippen molar-refractivity contribution in [2.75, 3.05) is 0 Å². The molecule has 14 heavy (non-hydrogen) atoms. The molecule has 4 N–H and O–H groups in total. The van der Waals surface area contributed by atoms with Crippen LogP contribution >= 0.6 is 0 Å². The third-order valence-corrected chi connectivity index (χ3v) is 2.00. The predicted molar refractivity (Wildman–Crippen MR) is 47.5 cm³/mol. The number of carboxylic acid groups (broad SMARTS) is 1. The highest BCUT2D eigenvalue weighted by Crippen LogP contribution is 2.40. The standard InChI is InChI=1S/C9H10O5/c1-4(9(13)14)5-2-3-6(10)8(12)7(5)11/h2-4,10-12H,1H3,(H,13,14). The van der Waals surface area contributed by atoms with Crippen LogP contribution in [0.3, 0.4) is 0 Å². The fourth-order valence-electron chi connectivity index (χ4n) is 1.07. The van der Waals surface area contributed by atoms with Gasteiger partial charge >= 0.3 is 5.97 Å². The number of aromatic hydroxyl groups is 3. The molecule has 0 amide bonds. The Morgan fingerprint density at radius 3 is 2.29 bits per heavy atom. The van der Waals surface area contributed by atoms with E-state index in [1.165, 1.54) is 13.0 Å². The smallest absolute Gasteiger partial charge is 0.310 e. The second-order valence-electron chi connectivity index (χ2n) is 2.93. The maximum atomic E-state index is 10.6. The van der Waals surface area contributed by atoms with E-state index in [4.69, 9.17) is 15.3 Å². The van der Waals surface area contributed by atoms with Gasteiger partial charge in [0.15, 0.2) is 11.5 Å². The average Bonchev–Trinajstić information content (AvgIpc) is 2.13. The zero-order chi connectivity index (χ0) is 10.9. The van der Waals surface area contributed by atoms with Gasteiger partial charge in [0.1, 0.15) is 0 Å². The number of carbonyl (C=O) groups is 1. The fraction of sp³-hybridized carbons (Fsp3) is 0.222. The molecule has 1 unspecified atom stereocenters. The number of phenolic OH excluding ortho intramolecular Hbond substituents is 3. The number of aliphatic carboxylic acids is 1. The van der Waals surface area contributed by atoms with E-state index in [1.54, 1.807) is 0 Å². The summed E-state index contributed by atoms with van der Waals surface area (Å²) in [6.45, 7) is 1.37. The topological polar surface area (TPSA) is 98.0 Å². The Kier molecular flexibility index (Phi) is 2.51. The molecule has 0 aliphatic heterocycles. The maximum absolute atomic E-state index is 10.6. The van der Waals surface area contributed by atoms with E-state index in [9.17, 15) is 9.90 Å². The third kappa shape index (κ3) is 1.56. The van der Waals surface area contributed by atoms with Gasteiger partial charge in [-0.1, -0.05) is 6.07 Å². The van der Waals surface area contributed by atoms with Crippen LogP contribution in [0.1, 0.15) is 18.4 Å². The van der Waals surface area contributed by atoms with E-state index in [1.807, 2.05) is 0 Å². The molecule has 0 spiro atoms. The molecule has 0 saturated carbocycles. The molecule has 0 aliphatic rings. The van der Waals surface area contributed by atoms with Gasteiger partial charge in [-0.2, -0.15) is 0 Å². The SMILES string of the molecule is CC(C(=O)O)c1ccc(O)c(O)c1O. The normalized spacial score (nSPS) is 12.4. The Hall–Kier alpha value is -1.91. The second-order valence-corrected chi connectivity index (χ2v) is 2.93. The molecule has 0 aromatic heterocycles. The lowest BCUT2D eigenvalue weighted by Gasteiger charge is -2.10. The van der Waals surface area contributed by atoms with Crippen LogP contribution in [0, 0.1) is 0 Å². The lowest BCUT2D eigenvalue weighted by Crippen LogP contribution is -2.07. The maximum Gasteiger partial charge on any atom is 0.310 e. The summed E-state index contributed by atoms with van der Waals surface area (Å²) in [6, 6.07) is 2.38. The zero-order valence-electron chi connectivity index (χ0n) is 7.43. The molecule has 1 aromatic carbocycles. The first-order valence-electron chi connectivity index (χ1n) is 3.91. The molecule has 0 bridgehead atoms. The summed E-state index contributed by atoms with van der Waals surface area (Å²) in [7, 11) is 0. The molecular formula is C9H10O5. The van der Waals surface area contributed by atoms with Crippen molar-refractivity contribution in [3.05, 3.63) is 17.7 Å². The quantitative estimate of drug-likeness (QED) is 0.531. The van der Waals surface area contributed by atoms with E-state index in [2.05, 4.69) is 0 Å². The minimum absolute atomic E-state index is 0.0628. The highest BCUT2D eigenvalue weighted by atomic mass is 16.4. The van der Waals surface area contributed by atoms with Crippen LogP contribution in [0.2, 0.25) is 0 Å². The number of benzene rings is 1. The van der Waals surface area contributed by atoms with Gasteiger partial charge in [0.05, 0.1) is 5.92 Å². The van der Waals surface area contributed by atoms with E-state index in [-0.39, 0.29) is 5.56 Å². The summed E-state index contributed by atoms with van der Waals surface area (Å²) >= 11 is 0. The van der Waals surface area contributed by atoms with Gasteiger partial charge in [0.25, 0.3) is 0 Å². The minimum atomic E-state index is -1.12. The van der Waals surface area contributed by atoms with Crippen molar-refractivity contribution in [1.82, 2.24) is 0 Å². The van der Waals surface area contributed by atoms with Gasteiger partial charge < -0.3 is 20.4 Å². The van der Waals surface area contributed by atoms with Crippen LogP contribution in [-0.2, 0) is 4.79 Å². The largest absolute Gasteiger partial charge is 0.504 e. The number of hydrogen-bond acceptors (Lipinski definition) is 4. The Bertz CT molecular complexity index is 372. The van der Waals surface area contributed by atoms with Crippen molar-refractivity contribution >= 4 is 5.97 Å². The van der Waals surface area contributed by atoms with Crippen LogP contribution in [0.5, 0.6) is 17.2 Å². The first-order chi connectivity index (χ1) is 6.45. The summed E-state index contributed by atoms with van der Waals surface area (Å²) in [5, 5.41) is 36.1. The molecular weight excluding hydrogens is 188 g/mol. The number of phenols is 3. The lowest BCUT2D eigenvalue weighted by molar-refractivity contribution is -0.138. The summed E-state index contributed by atoms with van der Waals surface area (Å²) in [6.07, 6.45) is 0. The van der Waals surface area contributed by atoms with Gasteiger partial charge in [-0.25, -0.2) is 0 Å². The van der Waals surface area contributed by atoms with E-state index >= 15 is 0 Å². The number of carboxylic acids is 1. The van der Waals surface area contributed by atoms with Crippen LogP contribution in [0.4, 0.5) is 0 Å². The molecule has 1 atom stereocenters. The van der Waals surface area contributed by atoms with Crippen LogP contribution in [0.15, 0.2) is 12.1 Å². The van der Waals surface area contributed by atoms with Crippen molar-refractivity contribution < 1.29 is 25.2 Å². The summed E-state index contributed by atoms with van der Waals surface area (Å²) in [5.41, 5.74) is 0.0628. The van der Waals surface area contributed by atoms with Gasteiger partial charge in [-0.05, 0) is 13.0 Å². The van der Waals surface area contributed by atoms with Crippen molar-refractivity contribution in [3.63, 3.8) is 0 Å². The molecule has 1 rings (SSSR count). The highest BCUT2D eigenvalue weighted by Gasteiger charge is 2.20. The first kappa shape index (κ1) is 10.2. The van der Waals surface area contributed by atoms with Gasteiger partial charge in [0.2, 0.25) is 5.75 Å². The number of rotatable bonds is 2. The molecule has 0 fully saturated rings. The van der Waals surface area contributed by atoms with Gasteiger partial charge in [-0.15, -0.1) is 0 Å². The van der Waals surface area contributed by atoms with E-state index in [0.717, 1.165) is 6.07 Å². The Balaban J connectivity index is 3.24. The van der Waals surface area contributed by atoms with E-state index in [0.29, 0.717) is 0 Å². The molecule has 5 nitrogen and oxygen atoms in total. The monoisotopic (exact) mass is 198 g/mol. The third-order valence-electron chi connectivity index (χ3n) is 2.00. The van der Waals surface area contributed by atoms with Crippen LogP contribution in [-0.4, -0.2) is 26.4 Å². The Morgan fingerprint density at radius 1 is 1.21 bits per heavy atom. The Labute approximate surface area is 79.9 Å². The summed E-state index contributed by atoms with van der Waals surface area (Å²) in [5.74, 6) is -3.84. The highest BCUT2D eigenvalue weighted by molar-refractivity contribution is 5.77. The van der Waals surface area contributed by atoms with Gasteiger partial charge in [0, 0.05) is 5.56 Å². The van der Waals surface area contributed by atoms with Gasteiger partial charge in [-0.3, -0.25) is 4.79 Å². The molecule has 5 heteroatoms. The first-order valence-corrected chi connectivity index (χ1v) is 3.91.